The van der Waals surface area contributed by atoms with E-state index < -0.39 is 0 Å². The Hall–Kier alpha value is -2.02. The summed E-state index contributed by atoms with van der Waals surface area (Å²) in [6.07, 6.45) is 5.01. The van der Waals surface area contributed by atoms with Crippen molar-refractivity contribution < 1.29 is 13.9 Å². The first-order chi connectivity index (χ1) is 12.7. The molecule has 138 valence electrons. The minimum absolute atomic E-state index is 0.0435. The van der Waals surface area contributed by atoms with Gasteiger partial charge in [-0.1, -0.05) is 30.3 Å². The number of hydrogen-bond donors (Lipinski definition) is 1. The van der Waals surface area contributed by atoms with Crippen LogP contribution in [0.4, 0.5) is 0 Å². The molecule has 0 spiro atoms. The molecule has 4 rings (SSSR count). The van der Waals surface area contributed by atoms with Gasteiger partial charge in [0.2, 0.25) is 5.91 Å². The second-order valence-electron chi connectivity index (χ2n) is 6.94. The lowest BCUT2D eigenvalue weighted by Gasteiger charge is -2.22. The smallest absolute Gasteiger partial charge is 0.277 e. The van der Waals surface area contributed by atoms with Crippen LogP contribution in [0.15, 0.2) is 33.9 Å². The molecule has 2 fully saturated rings. The Kier molecular flexibility index (Phi) is 5.15. The topological polar surface area (TPSA) is 77.2 Å². The standard InChI is InChI=1S/C19H23N3O3S/c1-2-24-16-6-4-3-5-14(16)18-21-22-19(25-18)26-11-17(23)20-15-10-12-7-8-13(15)9-12/h3-6,12-13,15H,2,7-11H2,1H3,(H,20,23)/t12-,13-,15-/m1/s1. The van der Waals surface area contributed by atoms with Gasteiger partial charge in [-0.05, 0) is 50.2 Å². The molecule has 0 radical (unpaired) electrons. The number of thioether (sulfide) groups is 1. The van der Waals surface area contributed by atoms with Crippen molar-refractivity contribution in [3.8, 4) is 17.2 Å². The zero-order valence-corrected chi connectivity index (χ0v) is 15.6. The van der Waals surface area contributed by atoms with Gasteiger partial charge in [-0.3, -0.25) is 4.79 Å². The number of ether oxygens (including phenoxy) is 1. The average molecular weight is 373 g/mol. The Morgan fingerprint density at radius 2 is 2.19 bits per heavy atom. The zero-order chi connectivity index (χ0) is 17.9. The molecule has 2 aliphatic rings. The second-order valence-corrected chi connectivity index (χ2v) is 7.87. The summed E-state index contributed by atoms with van der Waals surface area (Å²) in [7, 11) is 0. The van der Waals surface area contributed by atoms with Crippen molar-refractivity contribution >= 4 is 17.7 Å². The Bertz CT molecular complexity index is 779. The first kappa shape index (κ1) is 17.4. The number of carbonyl (C=O) groups excluding carboxylic acids is 1. The van der Waals surface area contributed by atoms with Crippen molar-refractivity contribution in [3.63, 3.8) is 0 Å². The maximum absolute atomic E-state index is 12.2. The Morgan fingerprint density at radius 1 is 1.31 bits per heavy atom. The van der Waals surface area contributed by atoms with Gasteiger partial charge in [0.25, 0.3) is 11.1 Å². The molecule has 1 aromatic heterocycles. The summed E-state index contributed by atoms with van der Waals surface area (Å²) in [6, 6.07) is 7.92. The summed E-state index contributed by atoms with van der Waals surface area (Å²) in [6.45, 7) is 2.50. The minimum atomic E-state index is 0.0435. The third-order valence-corrected chi connectivity index (χ3v) is 6.05. The number of hydrogen-bond acceptors (Lipinski definition) is 6. The Morgan fingerprint density at radius 3 is 2.96 bits per heavy atom. The van der Waals surface area contributed by atoms with Gasteiger partial charge in [-0.25, -0.2) is 0 Å². The molecule has 0 aliphatic heterocycles. The van der Waals surface area contributed by atoms with E-state index in [1.54, 1.807) is 0 Å². The van der Waals surface area contributed by atoms with Crippen LogP contribution < -0.4 is 10.1 Å². The molecule has 1 amide bonds. The summed E-state index contributed by atoms with van der Waals surface area (Å²) in [4.78, 5) is 12.2. The van der Waals surface area contributed by atoms with E-state index in [9.17, 15) is 4.79 Å². The van der Waals surface area contributed by atoms with Crippen LogP contribution >= 0.6 is 11.8 Å². The highest BCUT2D eigenvalue weighted by Crippen LogP contribution is 2.44. The van der Waals surface area contributed by atoms with Crippen LogP contribution in [-0.4, -0.2) is 34.5 Å². The average Bonchev–Trinajstić information content (AvgIpc) is 3.38. The van der Waals surface area contributed by atoms with Gasteiger partial charge in [0, 0.05) is 6.04 Å². The maximum Gasteiger partial charge on any atom is 0.277 e. The van der Waals surface area contributed by atoms with Gasteiger partial charge in [0.15, 0.2) is 0 Å². The van der Waals surface area contributed by atoms with E-state index in [1.807, 2.05) is 31.2 Å². The van der Waals surface area contributed by atoms with Gasteiger partial charge < -0.3 is 14.5 Å². The molecule has 1 aromatic carbocycles. The fraction of sp³-hybridized carbons (Fsp3) is 0.526. The van der Waals surface area contributed by atoms with Crippen LogP contribution in [0.2, 0.25) is 0 Å². The lowest BCUT2D eigenvalue weighted by atomic mass is 9.95. The van der Waals surface area contributed by atoms with E-state index in [4.69, 9.17) is 9.15 Å². The molecular formula is C19H23N3O3S. The molecule has 3 atom stereocenters. The molecule has 6 nitrogen and oxygen atoms in total. The molecule has 1 heterocycles. The van der Waals surface area contributed by atoms with Crippen LogP contribution in [-0.2, 0) is 4.79 Å². The largest absolute Gasteiger partial charge is 0.493 e. The monoisotopic (exact) mass is 373 g/mol. The van der Waals surface area contributed by atoms with Crippen molar-refractivity contribution in [2.75, 3.05) is 12.4 Å². The number of rotatable bonds is 7. The molecule has 2 aromatic rings. The second kappa shape index (κ2) is 7.70. The number of nitrogens with zero attached hydrogens (tertiary/aromatic N) is 2. The molecule has 0 saturated heterocycles. The van der Waals surface area contributed by atoms with E-state index in [2.05, 4.69) is 15.5 Å². The summed E-state index contributed by atoms with van der Waals surface area (Å²) in [5, 5.41) is 11.7. The minimum Gasteiger partial charge on any atom is -0.493 e. The van der Waals surface area contributed by atoms with Gasteiger partial charge in [0.05, 0.1) is 17.9 Å². The van der Waals surface area contributed by atoms with E-state index >= 15 is 0 Å². The van der Waals surface area contributed by atoms with E-state index in [-0.39, 0.29) is 5.91 Å². The van der Waals surface area contributed by atoms with E-state index in [0.29, 0.717) is 41.2 Å². The SMILES string of the molecule is CCOc1ccccc1-c1nnc(SCC(=O)N[C@@H]2C[C@@H]3CC[C@@H]2C3)o1. The first-order valence-electron chi connectivity index (χ1n) is 9.20. The number of carbonyl (C=O) groups is 1. The van der Waals surface area contributed by atoms with Crippen molar-refractivity contribution in [2.45, 2.75) is 43.9 Å². The van der Waals surface area contributed by atoms with Crippen molar-refractivity contribution in [3.05, 3.63) is 24.3 Å². The third-order valence-electron chi connectivity index (χ3n) is 5.23. The van der Waals surface area contributed by atoms with Gasteiger partial charge in [0.1, 0.15) is 5.75 Å². The highest BCUT2D eigenvalue weighted by Gasteiger charge is 2.40. The van der Waals surface area contributed by atoms with Crippen LogP contribution in [0, 0.1) is 11.8 Å². The Labute approximate surface area is 157 Å². The number of amides is 1. The van der Waals surface area contributed by atoms with Crippen LogP contribution in [0.25, 0.3) is 11.5 Å². The predicted molar refractivity (Wildman–Crippen MR) is 99.0 cm³/mol. The number of benzene rings is 1. The fourth-order valence-electron chi connectivity index (χ4n) is 4.10. The van der Waals surface area contributed by atoms with Crippen molar-refractivity contribution in [1.29, 1.82) is 0 Å². The van der Waals surface area contributed by atoms with Gasteiger partial charge >= 0.3 is 0 Å². The third kappa shape index (κ3) is 3.72. The molecular weight excluding hydrogens is 350 g/mol. The number of nitrogens with one attached hydrogen (secondary N) is 1. The molecule has 0 unspecified atom stereocenters. The molecule has 2 saturated carbocycles. The van der Waals surface area contributed by atoms with E-state index in [1.165, 1.54) is 31.0 Å². The van der Waals surface area contributed by atoms with Gasteiger partial charge in [-0.15, -0.1) is 10.2 Å². The van der Waals surface area contributed by atoms with Crippen molar-refractivity contribution in [1.82, 2.24) is 15.5 Å². The number of para-hydroxylation sites is 1. The van der Waals surface area contributed by atoms with Crippen LogP contribution in [0.5, 0.6) is 5.75 Å². The lowest BCUT2D eigenvalue weighted by molar-refractivity contribution is -0.119. The van der Waals surface area contributed by atoms with Crippen LogP contribution in [0.1, 0.15) is 32.6 Å². The molecule has 2 bridgehead atoms. The quantitative estimate of drug-likeness (QED) is 0.748. The highest BCUT2D eigenvalue weighted by atomic mass is 32.2. The zero-order valence-electron chi connectivity index (χ0n) is 14.8. The summed E-state index contributed by atoms with van der Waals surface area (Å²) in [5.74, 6) is 2.96. The summed E-state index contributed by atoms with van der Waals surface area (Å²) in [5.41, 5.74) is 0.764. The lowest BCUT2D eigenvalue weighted by Crippen LogP contribution is -2.39. The normalized spacial score (nSPS) is 24.0. The number of aromatic nitrogens is 2. The predicted octanol–water partition coefficient (Wildman–Crippen LogP) is 3.53. The summed E-state index contributed by atoms with van der Waals surface area (Å²) < 4.78 is 11.3. The molecule has 2 aliphatic carbocycles. The summed E-state index contributed by atoms with van der Waals surface area (Å²) >= 11 is 1.27. The number of fused-ring (bicyclic) bond motifs is 2. The maximum atomic E-state index is 12.2. The highest BCUT2D eigenvalue weighted by molar-refractivity contribution is 7.99. The van der Waals surface area contributed by atoms with Crippen molar-refractivity contribution in [2.24, 2.45) is 11.8 Å². The molecule has 1 N–H and O–H groups in total. The Balaban J connectivity index is 1.33. The van der Waals surface area contributed by atoms with Gasteiger partial charge in [-0.2, -0.15) is 0 Å². The van der Waals surface area contributed by atoms with Crippen LogP contribution in [0.3, 0.4) is 0 Å². The molecule has 26 heavy (non-hydrogen) atoms. The fourth-order valence-corrected chi connectivity index (χ4v) is 4.67. The molecule has 7 heteroatoms. The van der Waals surface area contributed by atoms with E-state index in [0.717, 1.165) is 17.9 Å². The first-order valence-corrected chi connectivity index (χ1v) is 10.2.